The lowest BCUT2D eigenvalue weighted by Crippen LogP contribution is -2.11. The van der Waals surface area contributed by atoms with Gasteiger partial charge in [0.15, 0.2) is 0 Å². The number of aromatic nitrogens is 4. The molecule has 0 aliphatic carbocycles. The fraction of sp³-hybridized carbons (Fsp3) is 0.353. The summed E-state index contributed by atoms with van der Waals surface area (Å²) in [5.74, 6) is 0. The van der Waals surface area contributed by atoms with E-state index in [0.29, 0.717) is 0 Å². The summed E-state index contributed by atoms with van der Waals surface area (Å²) in [6.07, 6.45) is 3.27. The maximum absolute atomic E-state index is 4.70. The van der Waals surface area contributed by atoms with Gasteiger partial charge in [-0.05, 0) is 17.7 Å². The van der Waals surface area contributed by atoms with Crippen LogP contribution in [0.3, 0.4) is 0 Å². The molecule has 0 amide bonds. The second-order valence-electron chi connectivity index (χ2n) is 6.54. The molecule has 0 radical (unpaired) electrons. The van der Waals surface area contributed by atoms with Crippen LogP contribution in [0.25, 0.3) is 0 Å². The van der Waals surface area contributed by atoms with Crippen LogP contribution in [0.5, 0.6) is 0 Å². The molecule has 0 atom stereocenters. The van der Waals surface area contributed by atoms with Gasteiger partial charge in [-0.3, -0.25) is 0 Å². The van der Waals surface area contributed by atoms with Gasteiger partial charge in [0.1, 0.15) is 12.7 Å². The van der Waals surface area contributed by atoms with Crippen LogP contribution in [0.15, 0.2) is 42.3 Å². The van der Waals surface area contributed by atoms with E-state index in [1.54, 1.807) is 24.0 Å². The molecule has 0 spiro atoms. The van der Waals surface area contributed by atoms with E-state index in [2.05, 4.69) is 65.8 Å². The van der Waals surface area contributed by atoms with Crippen molar-refractivity contribution >= 4 is 17.0 Å². The predicted molar refractivity (Wildman–Crippen MR) is 93.7 cm³/mol. The standard InChI is InChI=1S/C17H21N5S/c1-17(2,3)16-21-15(10-23-16)8-19-14-6-4-13(5-7-14)9-22-12-18-11-20-22/h4-7,10-12,19H,8-9H2,1-3H3. The molecule has 5 nitrogen and oxygen atoms in total. The van der Waals surface area contributed by atoms with E-state index in [1.807, 2.05) is 4.68 Å². The van der Waals surface area contributed by atoms with Crippen molar-refractivity contribution in [2.75, 3.05) is 5.32 Å². The van der Waals surface area contributed by atoms with Crippen LogP contribution in [0.1, 0.15) is 37.0 Å². The zero-order chi connectivity index (χ0) is 16.3. The van der Waals surface area contributed by atoms with Crippen molar-refractivity contribution in [1.82, 2.24) is 19.7 Å². The molecular weight excluding hydrogens is 306 g/mol. The normalized spacial score (nSPS) is 11.6. The second-order valence-corrected chi connectivity index (χ2v) is 7.40. The Hall–Kier alpha value is -2.21. The highest BCUT2D eigenvalue weighted by Gasteiger charge is 2.17. The quantitative estimate of drug-likeness (QED) is 0.776. The largest absolute Gasteiger partial charge is 0.379 e. The Morgan fingerprint density at radius 1 is 1.17 bits per heavy atom. The molecule has 0 unspecified atom stereocenters. The number of thiazole rings is 1. The van der Waals surface area contributed by atoms with E-state index in [9.17, 15) is 0 Å². The number of hydrogen-bond acceptors (Lipinski definition) is 5. The molecule has 0 aliphatic rings. The zero-order valence-corrected chi connectivity index (χ0v) is 14.5. The third kappa shape index (κ3) is 4.16. The summed E-state index contributed by atoms with van der Waals surface area (Å²) in [5, 5.41) is 10.8. The van der Waals surface area contributed by atoms with Crippen LogP contribution in [-0.2, 0) is 18.5 Å². The topological polar surface area (TPSA) is 55.6 Å². The van der Waals surface area contributed by atoms with Crippen molar-refractivity contribution in [1.29, 1.82) is 0 Å². The molecule has 2 aromatic heterocycles. The Balaban J connectivity index is 1.57. The number of anilines is 1. The van der Waals surface area contributed by atoms with Gasteiger partial charge in [-0.25, -0.2) is 14.6 Å². The molecule has 120 valence electrons. The predicted octanol–water partition coefficient (Wildman–Crippen LogP) is 3.69. The van der Waals surface area contributed by atoms with E-state index in [4.69, 9.17) is 4.98 Å². The lowest BCUT2D eigenvalue weighted by atomic mass is 9.98. The SMILES string of the molecule is CC(C)(C)c1nc(CNc2ccc(Cn3cncn3)cc2)cs1. The van der Waals surface area contributed by atoms with E-state index >= 15 is 0 Å². The summed E-state index contributed by atoms with van der Waals surface area (Å²) in [6.45, 7) is 8.06. The van der Waals surface area contributed by atoms with E-state index < -0.39 is 0 Å². The van der Waals surface area contributed by atoms with Crippen molar-refractivity contribution in [3.8, 4) is 0 Å². The number of nitrogens with one attached hydrogen (secondary N) is 1. The number of nitrogens with zero attached hydrogens (tertiary/aromatic N) is 4. The Labute approximate surface area is 140 Å². The van der Waals surface area contributed by atoms with Crippen LogP contribution in [0, 0.1) is 0 Å². The van der Waals surface area contributed by atoms with Gasteiger partial charge in [0, 0.05) is 16.5 Å². The molecule has 1 N–H and O–H groups in total. The first kappa shape index (κ1) is 15.7. The van der Waals surface area contributed by atoms with Crippen LogP contribution in [0.4, 0.5) is 5.69 Å². The fourth-order valence-corrected chi connectivity index (χ4v) is 3.06. The van der Waals surface area contributed by atoms with Gasteiger partial charge in [-0.15, -0.1) is 11.3 Å². The minimum Gasteiger partial charge on any atom is -0.379 e. The van der Waals surface area contributed by atoms with Crippen molar-refractivity contribution in [2.24, 2.45) is 0 Å². The average Bonchev–Trinajstić information content (AvgIpc) is 3.17. The maximum atomic E-state index is 4.70. The van der Waals surface area contributed by atoms with Gasteiger partial charge in [-0.2, -0.15) is 5.10 Å². The summed E-state index contributed by atoms with van der Waals surface area (Å²) in [4.78, 5) is 8.65. The molecule has 1 aromatic carbocycles. The molecule has 0 saturated carbocycles. The van der Waals surface area contributed by atoms with Crippen molar-refractivity contribution in [2.45, 2.75) is 39.3 Å². The molecule has 0 fully saturated rings. The minimum absolute atomic E-state index is 0.117. The Morgan fingerprint density at radius 3 is 2.57 bits per heavy atom. The lowest BCUT2D eigenvalue weighted by molar-refractivity contribution is 0.583. The summed E-state index contributed by atoms with van der Waals surface area (Å²) in [5.41, 5.74) is 3.50. The highest BCUT2D eigenvalue weighted by Crippen LogP contribution is 2.25. The molecule has 0 saturated heterocycles. The third-order valence-corrected chi connectivity index (χ3v) is 4.75. The van der Waals surface area contributed by atoms with Crippen molar-refractivity contribution in [3.63, 3.8) is 0 Å². The first-order valence-electron chi connectivity index (χ1n) is 7.61. The smallest absolute Gasteiger partial charge is 0.137 e. The van der Waals surface area contributed by atoms with Crippen LogP contribution >= 0.6 is 11.3 Å². The Kier molecular flexibility index (Phi) is 4.43. The number of hydrogen-bond donors (Lipinski definition) is 1. The third-order valence-electron chi connectivity index (χ3n) is 3.43. The molecule has 23 heavy (non-hydrogen) atoms. The monoisotopic (exact) mass is 327 g/mol. The van der Waals surface area contributed by atoms with Gasteiger partial charge in [0.05, 0.1) is 23.8 Å². The second kappa shape index (κ2) is 6.50. The molecule has 3 aromatic rings. The molecule has 2 heterocycles. The molecular formula is C17H21N5S. The lowest BCUT2D eigenvalue weighted by Gasteiger charge is -2.13. The highest BCUT2D eigenvalue weighted by molar-refractivity contribution is 7.09. The molecule has 6 heteroatoms. The molecule has 3 rings (SSSR count). The van der Waals surface area contributed by atoms with Crippen LogP contribution < -0.4 is 5.32 Å². The van der Waals surface area contributed by atoms with Gasteiger partial charge in [0.2, 0.25) is 0 Å². The van der Waals surface area contributed by atoms with Gasteiger partial charge >= 0.3 is 0 Å². The van der Waals surface area contributed by atoms with Gasteiger partial charge in [-0.1, -0.05) is 32.9 Å². The first-order valence-corrected chi connectivity index (χ1v) is 8.49. The Bertz CT molecular complexity index is 738. The number of benzene rings is 1. The van der Waals surface area contributed by atoms with Crippen molar-refractivity contribution in [3.05, 3.63) is 58.6 Å². The molecule has 0 bridgehead atoms. The number of rotatable bonds is 5. The summed E-state index contributed by atoms with van der Waals surface area (Å²) in [7, 11) is 0. The molecule has 0 aliphatic heterocycles. The Morgan fingerprint density at radius 2 is 1.96 bits per heavy atom. The van der Waals surface area contributed by atoms with E-state index in [0.717, 1.165) is 24.5 Å². The van der Waals surface area contributed by atoms with E-state index in [1.165, 1.54) is 10.6 Å². The van der Waals surface area contributed by atoms with E-state index in [-0.39, 0.29) is 5.41 Å². The first-order chi connectivity index (χ1) is 11.0. The average molecular weight is 327 g/mol. The van der Waals surface area contributed by atoms with Crippen molar-refractivity contribution < 1.29 is 0 Å². The zero-order valence-electron chi connectivity index (χ0n) is 13.7. The maximum Gasteiger partial charge on any atom is 0.137 e. The van der Waals surface area contributed by atoms with Gasteiger partial charge in [0.25, 0.3) is 0 Å². The summed E-state index contributed by atoms with van der Waals surface area (Å²) in [6, 6.07) is 8.38. The summed E-state index contributed by atoms with van der Waals surface area (Å²) < 4.78 is 1.81. The highest BCUT2D eigenvalue weighted by atomic mass is 32.1. The summed E-state index contributed by atoms with van der Waals surface area (Å²) >= 11 is 1.73. The van der Waals surface area contributed by atoms with Crippen LogP contribution in [-0.4, -0.2) is 19.7 Å². The fourth-order valence-electron chi connectivity index (χ4n) is 2.15. The van der Waals surface area contributed by atoms with Crippen LogP contribution in [0.2, 0.25) is 0 Å². The van der Waals surface area contributed by atoms with Gasteiger partial charge < -0.3 is 5.32 Å². The minimum atomic E-state index is 0.117.